The van der Waals surface area contributed by atoms with Crippen molar-refractivity contribution in [3.05, 3.63) is 110 Å². The van der Waals surface area contributed by atoms with Gasteiger partial charge in [-0.3, -0.25) is 14.4 Å². The summed E-state index contributed by atoms with van der Waals surface area (Å²) in [6.45, 7) is 3.05. The quantitative estimate of drug-likeness (QED) is 0.356. The molecule has 196 valence electrons. The summed E-state index contributed by atoms with van der Waals surface area (Å²) in [6, 6.07) is 20.1. The number of carbonyl (C=O) groups is 2. The van der Waals surface area contributed by atoms with E-state index in [1.54, 1.807) is 17.0 Å². The molecule has 7 nitrogen and oxygen atoms in total. The standard InChI is InChI=1S/C31H25ClN2O5/c1-18-6-4-7-19(14-18)16-33-24-10-3-2-9-23(24)31(30(33)37)26-27(35)22-15-20(32)11-12-25(22)39-28(26)29(36)34(31)17-21-8-5-13-38-21/h2-4,6-7,9-12,14-15,21H,5,8,13,16-17H2,1H3. The van der Waals surface area contributed by atoms with Crippen molar-refractivity contribution in [2.45, 2.75) is 38.0 Å². The zero-order valence-corrected chi connectivity index (χ0v) is 22.0. The SMILES string of the molecule is Cc1cccc(CN2C(=O)C3(c4ccccc42)c2c(oc4ccc(Cl)cc4c2=O)C(=O)N3CC2CCCO2)c1. The molecule has 1 saturated heterocycles. The van der Waals surface area contributed by atoms with Crippen LogP contribution in [0.15, 0.2) is 75.9 Å². The van der Waals surface area contributed by atoms with Crippen LogP contribution in [-0.2, 0) is 21.6 Å². The van der Waals surface area contributed by atoms with E-state index in [4.69, 9.17) is 20.8 Å². The minimum atomic E-state index is -1.67. The summed E-state index contributed by atoms with van der Waals surface area (Å²) in [5.41, 5.74) is 1.46. The third-order valence-corrected chi connectivity index (χ3v) is 8.27. The molecule has 2 amide bonds. The summed E-state index contributed by atoms with van der Waals surface area (Å²) in [7, 11) is 0. The maximum Gasteiger partial charge on any atom is 0.291 e. The molecule has 39 heavy (non-hydrogen) atoms. The molecule has 3 aromatic carbocycles. The van der Waals surface area contributed by atoms with E-state index in [0.717, 1.165) is 24.0 Å². The number of fused-ring (bicyclic) bond motifs is 5. The minimum absolute atomic E-state index is 0.0458. The summed E-state index contributed by atoms with van der Waals surface area (Å²) in [6.07, 6.45) is 1.39. The van der Waals surface area contributed by atoms with E-state index in [-0.39, 0.29) is 40.8 Å². The summed E-state index contributed by atoms with van der Waals surface area (Å²) >= 11 is 6.25. The van der Waals surface area contributed by atoms with E-state index in [1.165, 1.54) is 11.0 Å². The van der Waals surface area contributed by atoms with E-state index in [1.807, 2.05) is 55.5 Å². The minimum Gasteiger partial charge on any atom is -0.450 e. The lowest BCUT2D eigenvalue weighted by Crippen LogP contribution is -2.55. The fourth-order valence-electron chi connectivity index (χ4n) is 6.36. The van der Waals surface area contributed by atoms with Gasteiger partial charge in [-0.25, -0.2) is 0 Å². The van der Waals surface area contributed by atoms with Crippen molar-refractivity contribution in [1.29, 1.82) is 0 Å². The van der Waals surface area contributed by atoms with Gasteiger partial charge >= 0.3 is 0 Å². The summed E-state index contributed by atoms with van der Waals surface area (Å²) < 4.78 is 12.0. The van der Waals surface area contributed by atoms with Crippen molar-refractivity contribution >= 4 is 40.1 Å². The van der Waals surface area contributed by atoms with Crippen molar-refractivity contribution < 1.29 is 18.7 Å². The molecule has 1 aromatic heterocycles. The molecule has 7 rings (SSSR count). The van der Waals surface area contributed by atoms with E-state index < -0.39 is 16.9 Å². The van der Waals surface area contributed by atoms with Crippen molar-refractivity contribution in [2.75, 3.05) is 18.1 Å². The largest absolute Gasteiger partial charge is 0.450 e. The average molecular weight is 541 g/mol. The van der Waals surface area contributed by atoms with Gasteiger partial charge in [-0.1, -0.05) is 59.6 Å². The number of carbonyl (C=O) groups excluding carboxylic acids is 2. The highest BCUT2D eigenvalue weighted by molar-refractivity contribution is 6.31. The van der Waals surface area contributed by atoms with E-state index in [2.05, 4.69) is 0 Å². The first-order valence-electron chi connectivity index (χ1n) is 13.1. The van der Waals surface area contributed by atoms with E-state index >= 15 is 0 Å². The summed E-state index contributed by atoms with van der Waals surface area (Å²) in [4.78, 5) is 46.3. The fourth-order valence-corrected chi connectivity index (χ4v) is 6.53. The molecule has 3 aliphatic heterocycles. The van der Waals surface area contributed by atoms with Crippen LogP contribution in [0.4, 0.5) is 5.69 Å². The lowest BCUT2D eigenvalue weighted by Gasteiger charge is -2.35. The van der Waals surface area contributed by atoms with Gasteiger partial charge in [0.15, 0.2) is 11.0 Å². The molecule has 0 N–H and O–H groups in total. The Kier molecular flexibility index (Phi) is 5.44. The van der Waals surface area contributed by atoms with Gasteiger partial charge in [0.2, 0.25) is 5.76 Å². The number of benzene rings is 3. The zero-order chi connectivity index (χ0) is 26.9. The smallest absolute Gasteiger partial charge is 0.291 e. The molecule has 2 unspecified atom stereocenters. The van der Waals surface area contributed by atoms with Crippen LogP contribution in [0, 0.1) is 6.92 Å². The van der Waals surface area contributed by atoms with Gasteiger partial charge in [0.1, 0.15) is 5.58 Å². The second-order valence-corrected chi connectivity index (χ2v) is 10.9. The lowest BCUT2D eigenvalue weighted by molar-refractivity contribution is -0.126. The number of hydrogen-bond donors (Lipinski definition) is 0. The number of rotatable bonds is 4. The van der Waals surface area contributed by atoms with Crippen LogP contribution in [0.2, 0.25) is 5.02 Å². The van der Waals surface area contributed by atoms with Gasteiger partial charge in [0.05, 0.1) is 29.3 Å². The van der Waals surface area contributed by atoms with Gasteiger partial charge in [-0.05, 0) is 49.6 Å². The van der Waals surface area contributed by atoms with E-state index in [9.17, 15) is 14.4 Å². The van der Waals surface area contributed by atoms with Crippen molar-refractivity contribution in [3.8, 4) is 0 Å². The monoisotopic (exact) mass is 540 g/mol. The molecule has 0 bridgehead atoms. The Hall–Kier alpha value is -3.94. The Labute approximate surface area is 229 Å². The van der Waals surface area contributed by atoms with Crippen LogP contribution in [0.1, 0.15) is 45.7 Å². The summed E-state index contributed by atoms with van der Waals surface area (Å²) in [5, 5.41) is 0.596. The Morgan fingerprint density at radius 1 is 1.03 bits per heavy atom. The molecule has 0 radical (unpaired) electrons. The third kappa shape index (κ3) is 3.43. The first-order chi connectivity index (χ1) is 18.9. The number of aryl methyl sites for hydroxylation is 1. The molecule has 2 atom stereocenters. The predicted molar refractivity (Wildman–Crippen MR) is 147 cm³/mol. The number of hydrogen-bond acceptors (Lipinski definition) is 5. The first-order valence-corrected chi connectivity index (χ1v) is 13.4. The molecule has 1 fully saturated rings. The number of halogens is 1. The zero-order valence-electron chi connectivity index (χ0n) is 21.3. The predicted octanol–water partition coefficient (Wildman–Crippen LogP) is 5.18. The average Bonchev–Trinajstić information content (AvgIpc) is 3.59. The van der Waals surface area contributed by atoms with Gasteiger partial charge in [-0.15, -0.1) is 0 Å². The molecule has 0 saturated carbocycles. The number of para-hydroxylation sites is 1. The van der Waals surface area contributed by atoms with Crippen LogP contribution in [0.5, 0.6) is 0 Å². The molecule has 4 heterocycles. The highest BCUT2D eigenvalue weighted by Crippen LogP contribution is 2.53. The molecule has 3 aliphatic rings. The second-order valence-electron chi connectivity index (χ2n) is 10.4. The molecule has 8 heteroatoms. The Morgan fingerprint density at radius 3 is 2.67 bits per heavy atom. The molecular weight excluding hydrogens is 516 g/mol. The highest BCUT2D eigenvalue weighted by atomic mass is 35.5. The van der Waals surface area contributed by atoms with Crippen LogP contribution in [-0.4, -0.2) is 36.0 Å². The fraction of sp³-hybridized carbons (Fsp3) is 0.258. The third-order valence-electron chi connectivity index (χ3n) is 8.03. The van der Waals surface area contributed by atoms with Crippen LogP contribution in [0.25, 0.3) is 11.0 Å². The molecule has 0 aliphatic carbocycles. The number of ether oxygens (including phenoxy) is 1. The van der Waals surface area contributed by atoms with Crippen LogP contribution in [0.3, 0.4) is 0 Å². The summed E-state index contributed by atoms with van der Waals surface area (Å²) in [5.74, 6) is -0.952. The highest BCUT2D eigenvalue weighted by Gasteiger charge is 2.65. The lowest BCUT2D eigenvalue weighted by atomic mass is 9.83. The maximum atomic E-state index is 14.8. The molecule has 1 spiro atoms. The van der Waals surface area contributed by atoms with Crippen molar-refractivity contribution in [1.82, 2.24) is 4.90 Å². The Balaban J connectivity index is 1.50. The maximum absolute atomic E-state index is 14.8. The van der Waals surface area contributed by atoms with Gasteiger partial charge in [0, 0.05) is 23.7 Å². The number of anilines is 1. The van der Waals surface area contributed by atoms with Crippen LogP contribution >= 0.6 is 11.6 Å². The van der Waals surface area contributed by atoms with Crippen molar-refractivity contribution in [3.63, 3.8) is 0 Å². The Morgan fingerprint density at radius 2 is 1.87 bits per heavy atom. The Bertz CT molecular complexity index is 1740. The number of amides is 2. The first kappa shape index (κ1) is 24.1. The van der Waals surface area contributed by atoms with Gasteiger partial charge in [-0.2, -0.15) is 0 Å². The van der Waals surface area contributed by atoms with Gasteiger partial charge < -0.3 is 19.0 Å². The molecule has 4 aromatic rings. The number of nitrogens with zero attached hydrogens (tertiary/aromatic N) is 2. The normalized spacial score (nSPS) is 21.8. The second kappa shape index (κ2) is 8.79. The van der Waals surface area contributed by atoms with Crippen LogP contribution < -0.4 is 10.3 Å². The van der Waals surface area contributed by atoms with Gasteiger partial charge in [0.25, 0.3) is 11.8 Å². The topological polar surface area (TPSA) is 80.1 Å². The van der Waals surface area contributed by atoms with Crippen molar-refractivity contribution in [2.24, 2.45) is 0 Å². The van der Waals surface area contributed by atoms with E-state index in [0.29, 0.717) is 29.4 Å². The molecular formula is C31H25ClN2O5.